The molecule has 0 amide bonds. The molecule has 0 spiro atoms. The van der Waals surface area contributed by atoms with Gasteiger partial charge in [0.1, 0.15) is 17.3 Å². The summed E-state index contributed by atoms with van der Waals surface area (Å²) in [5.74, 6) is 3.22. The number of nitrogens with two attached hydrogens (primary N) is 1. The number of aromatic nitrogens is 2. The van der Waals surface area contributed by atoms with E-state index in [-0.39, 0.29) is 0 Å². The second kappa shape index (κ2) is 6.68. The van der Waals surface area contributed by atoms with Crippen molar-refractivity contribution < 1.29 is 9.15 Å². The van der Waals surface area contributed by atoms with Gasteiger partial charge >= 0.3 is 0 Å². The fraction of sp³-hybridized carbons (Fsp3) is 0.500. The average molecular weight is 302 g/mol. The Morgan fingerprint density at radius 2 is 2.27 bits per heavy atom. The van der Waals surface area contributed by atoms with Gasteiger partial charge in [0.05, 0.1) is 19.4 Å². The van der Waals surface area contributed by atoms with Crippen LogP contribution >= 0.6 is 0 Å². The number of anilines is 2. The Kier molecular flexibility index (Phi) is 4.46. The Bertz CT molecular complexity index is 609. The molecular weight excluding hydrogens is 280 g/mol. The van der Waals surface area contributed by atoms with Crippen LogP contribution in [0.3, 0.4) is 0 Å². The fourth-order valence-corrected chi connectivity index (χ4v) is 2.13. The van der Waals surface area contributed by atoms with Crippen LogP contribution < -0.4 is 15.8 Å². The molecule has 0 bridgehead atoms. The molecule has 1 aliphatic rings. The molecule has 1 saturated carbocycles. The first-order valence-corrected chi connectivity index (χ1v) is 7.84. The van der Waals surface area contributed by atoms with Crippen molar-refractivity contribution in [2.24, 2.45) is 0 Å². The molecule has 3 rings (SSSR count). The Labute approximate surface area is 130 Å². The van der Waals surface area contributed by atoms with Gasteiger partial charge in [0.15, 0.2) is 5.82 Å². The molecule has 1 aliphatic carbocycles. The first-order valence-electron chi connectivity index (χ1n) is 7.84. The highest BCUT2D eigenvalue weighted by atomic mass is 16.5. The van der Waals surface area contributed by atoms with Crippen LogP contribution in [-0.4, -0.2) is 16.6 Å². The molecule has 22 heavy (non-hydrogen) atoms. The minimum atomic E-state index is 0.443. The Morgan fingerprint density at radius 3 is 2.95 bits per heavy atom. The van der Waals surface area contributed by atoms with Crippen molar-refractivity contribution in [3.63, 3.8) is 0 Å². The second-order valence-corrected chi connectivity index (χ2v) is 5.56. The van der Waals surface area contributed by atoms with E-state index >= 15 is 0 Å². The summed E-state index contributed by atoms with van der Waals surface area (Å²) in [6, 6.07) is 3.76. The number of nitrogens with one attached hydrogen (secondary N) is 1. The van der Waals surface area contributed by atoms with Crippen LogP contribution in [0.5, 0.6) is 5.88 Å². The van der Waals surface area contributed by atoms with E-state index in [1.165, 1.54) is 0 Å². The highest BCUT2D eigenvalue weighted by Gasteiger charge is 2.28. The molecule has 0 aliphatic heterocycles. The summed E-state index contributed by atoms with van der Waals surface area (Å²) in [6.45, 7) is 3.28. The number of rotatable bonds is 8. The van der Waals surface area contributed by atoms with E-state index in [0.29, 0.717) is 36.5 Å². The molecule has 0 radical (unpaired) electrons. The van der Waals surface area contributed by atoms with E-state index in [1.54, 1.807) is 6.26 Å². The average Bonchev–Trinajstić information content (AvgIpc) is 3.24. The number of hydrogen-bond donors (Lipinski definition) is 2. The lowest BCUT2D eigenvalue weighted by atomic mass is 10.3. The van der Waals surface area contributed by atoms with Crippen molar-refractivity contribution >= 4 is 11.5 Å². The van der Waals surface area contributed by atoms with Crippen LogP contribution in [0.2, 0.25) is 0 Å². The molecule has 0 saturated heterocycles. The van der Waals surface area contributed by atoms with Crippen LogP contribution in [0.4, 0.5) is 11.5 Å². The molecule has 0 aromatic carbocycles. The lowest BCUT2D eigenvalue weighted by molar-refractivity contribution is 0.298. The van der Waals surface area contributed by atoms with Crippen molar-refractivity contribution in [2.45, 2.75) is 45.1 Å². The third kappa shape index (κ3) is 3.50. The van der Waals surface area contributed by atoms with Gasteiger partial charge in [-0.25, -0.2) is 4.98 Å². The third-order valence-electron chi connectivity index (χ3n) is 3.62. The zero-order valence-corrected chi connectivity index (χ0v) is 12.8. The van der Waals surface area contributed by atoms with Crippen LogP contribution in [0.1, 0.15) is 50.1 Å². The minimum absolute atomic E-state index is 0.443. The highest BCUT2D eigenvalue weighted by Crippen LogP contribution is 2.40. The van der Waals surface area contributed by atoms with Gasteiger partial charge in [-0.1, -0.05) is 13.3 Å². The van der Waals surface area contributed by atoms with Crippen molar-refractivity contribution in [1.82, 2.24) is 9.97 Å². The third-order valence-corrected chi connectivity index (χ3v) is 3.62. The summed E-state index contributed by atoms with van der Waals surface area (Å²) >= 11 is 0. The van der Waals surface area contributed by atoms with E-state index < -0.39 is 0 Å². The molecule has 2 aromatic rings. The first kappa shape index (κ1) is 14.7. The van der Waals surface area contributed by atoms with E-state index in [4.69, 9.17) is 14.9 Å². The van der Waals surface area contributed by atoms with Gasteiger partial charge in [-0.3, -0.25) is 0 Å². The monoisotopic (exact) mass is 302 g/mol. The summed E-state index contributed by atoms with van der Waals surface area (Å²) in [7, 11) is 0. The van der Waals surface area contributed by atoms with Crippen molar-refractivity contribution in [3.8, 4) is 5.88 Å². The van der Waals surface area contributed by atoms with Crippen LogP contribution in [-0.2, 0) is 6.54 Å². The number of unbranched alkanes of at least 4 members (excludes halogenated alkanes) is 1. The largest absolute Gasteiger partial charge is 0.476 e. The summed E-state index contributed by atoms with van der Waals surface area (Å²) in [4.78, 5) is 9.04. The Balaban J connectivity index is 1.77. The zero-order valence-electron chi connectivity index (χ0n) is 12.8. The summed E-state index contributed by atoms with van der Waals surface area (Å²) < 4.78 is 11.1. The van der Waals surface area contributed by atoms with Gasteiger partial charge in [0, 0.05) is 5.92 Å². The van der Waals surface area contributed by atoms with E-state index in [9.17, 15) is 0 Å². The highest BCUT2D eigenvalue weighted by molar-refractivity contribution is 5.67. The van der Waals surface area contributed by atoms with Crippen molar-refractivity contribution in [3.05, 3.63) is 30.0 Å². The molecule has 118 valence electrons. The molecule has 2 aromatic heterocycles. The molecular formula is C16H22N4O2. The minimum Gasteiger partial charge on any atom is -0.476 e. The van der Waals surface area contributed by atoms with E-state index in [2.05, 4.69) is 22.2 Å². The molecule has 6 heteroatoms. The van der Waals surface area contributed by atoms with Gasteiger partial charge in [-0.05, 0) is 31.4 Å². The quantitative estimate of drug-likeness (QED) is 0.727. The number of furan rings is 1. The van der Waals surface area contributed by atoms with Gasteiger partial charge < -0.3 is 20.2 Å². The molecule has 6 nitrogen and oxygen atoms in total. The van der Waals surface area contributed by atoms with Crippen LogP contribution in [0.15, 0.2) is 22.8 Å². The lowest BCUT2D eigenvalue weighted by Gasteiger charge is -2.13. The van der Waals surface area contributed by atoms with E-state index in [0.717, 1.165) is 37.3 Å². The number of nitrogen functional groups attached to an aromatic ring is 1. The van der Waals surface area contributed by atoms with E-state index in [1.807, 2.05) is 12.1 Å². The molecule has 3 N–H and O–H groups in total. The number of nitrogens with zero attached hydrogens (tertiary/aromatic N) is 2. The lowest BCUT2D eigenvalue weighted by Crippen LogP contribution is -2.11. The normalized spacial score (nSPS) is 14.0. The zero-order chi connectivity index (χ0) is 15.4. The Morgan fingerprint density at radius 1 is 1.41 bits per heavy atom. The van der Waals surface area contributed by atoms with Crippen molar-refractivity contribution in [1.29, 1.82) is 0 Å². The molecule has 1 fully saturated rings. The second-order valence-electron chi connectivity index (χ2n) is 5.56. The molecule has 0 atom stereocenters. The Hall–Kier alpha value is -2.24. The number of ether oxygens (including phenoxy) is 1. The van der Waals surface area contributed by atoms with Crippen molar-refractivity contribution in [2.75, 3.05) is 17.7 Å². The maximum atomic E-state index is 6.15. The van der Waals surface area contributed by atoms with Gasteiger partial charge in [-0.15, -0.1) is 0 Å². The SMILES string of the molecule is CCCCOc1nc(C2CC2)nc(NCc2ccco2)c1N. The predicted molar refractivity (Wildman–Crippen MR) is 84.9 cm³/mol. The predicted octanol–water partition coefficient (Wildman–Crippen LogP) is 3.32. The maximum Gasteiger partial charge on any atom is 0.242 e. The van der Waals surface area contributed by atoms with Gasteiger partial charge in [0.25, 0.3) is 0 Å². The smallest absolute Gasteiger partial charge is 0.242 e. The summed E-state index contributed by atoms with van der Waals surface area (Å²) in [5, 5.41) is 3.22. The van der Waals surface area contributed by atoms with Gasteiger partial charge in [0.2, 0.25) is 5.88 Å². The molecule has 2 heterocycles. The standard InChI is InChI=1S/C16H22N4O2/c1-2-3-8-22-16-13(17)15(18-10-12-5-4-9-21-12)19-14(20-16)11-6-7-11/h4-5,9,11H,2-3,6-8,10,17H2,1H3,(H,18,19,20). The van der Waals surface area contributed by atoms with Crippen LogP contribution in [0.25, 0.3) is 0 Å². The summed E-state index contributed by atoms with van der Waals surface area (Å²) in [5.41, 5.74) is 6.62. The molecule has 0 unspecified atom stereocenters. The first-order chi connectivity index (χ1) is 10.8. The summed E-state index contributed by atoms with van der Waals surface area (Å²) in [6.07, 6.45) is 5.97. The maximum absolute atomic E-state index is 6.15. The van der Waals surface area contributed by atoms with Gasteiger partial charge in [-0.2, -0.15) is 4.98 Å². The topological polar surface area (TPSA) is 86.2 Å². The number of hydrogen-bond acceptors (Lipinski definition) is 6. The van der Waals surface area contributed by atoms with Crippen LogP contribution in [0, 0.1) is 0 Å². The fourth-order valence-electron chi connectivity index (χ4n) is 2.13.